The van der Waals surface area contributed by atoms with Gasteiger partial charge in [0.05, 0.1) is 6.21 Å². The lowest BCUT2D eigenvalue weighted by Gasteiger charge is -2.05. The van der Waals surface area contributed by atoms with Gasteiger partial charge in [0, 0.05) is 5.56 Å². The number of hydrogen-bond donors (Lipinski definition) is 1. The molecular formula is C20H14N4O3. The van der Waals surface area contributed by atoms with Crippen LogP contribution in [0.3, 0.4) is 0 Å². The molecule has 0 spiro atoms. The van der Waals surface area contributed by atoms with Crippen molar-refractivity contribution in [2.24, 2.45) is 5.10 Å². The molecule has 7 heteroatoms. The van der Waals surface area contributed by atoms with Crippen molar-refractivity contribution in [2.75, 3.05) is 0 Å². The molecule has 7 nitrogen and oxygen atoms in total. The molecule has 0 aliphatic heterocycles. The minimum absolute atomic E-state index is 0.347. The maximum Gasteiger partial charge on any atom is 0.271 e. The Morgan fingerprint density at radius 1 is 0.926 bits per heavy atom. The monoisotopic (exact) mass is 358 g/mol. The third-order valence-electron chi connectivity index (χ3n) is 3.75. The van der Waals surface area contributed by atoms with Crippen LogP contribution in [-0.2, 0) is 0 Å². The zero-order valence-electron chi connectivity index (χ0n) is 14.1. The van der Waals surface area contributed by atoms with Crippen molar-refractivity contribution >= 4 is 23.2 Å². The predicted molar refractivity (Wildman–Crippen MR) is 99.8 cm³/mol. The Hall–Kier alpha value is -4.00. The fraction of sp³-hybridized carbons (Fsp3) is 0. The summed E-state index contributed by atoms with van der Waals surface area (Å²) >= 11 is 0. The molecule has 0 saturated carbocycles. The predicted octanol–water partition coefficient (Wildman–Crippen LogP) is 3.78. The van der Waals surface area contributed by atoms with Crippen molar-refractivity contribution in [1.29, 1.82) is 0 Å². The van der Waals surface area contributed by atoms with Crippen molar-refractivity contribution in [2.45, 2.75) is 0 Å². The first-order valence-corrected chi connectivity index (χ1v) is 8.17. The highest BCUT2D eigenvalue weighted by Gasteiger charge is 2.07. The Balaban J connectivity index is 1.37. The third-order valence-corrected chi connectivity index (χ3v) is 3.75. The van der Waals surface area contributed by atoms with Gasteiger partial charge in [-0.3, -0.25) is 4.79 Å². The van der Waals surface area contributed by atoms with E-state index < -0.39 is 0 Å². The molecule has 132 valence electrons. The molecule has 27 heavy (non-hydrogen) atoms. The van der Waals surface area contributed by atoms with E-state index in [0.717, 1.165) is 17.1 Å². The lowest BCUT2D eigenvalue weighted by molar-refractivity contribution is 0.0955. The van der Waals surface area contributed by atoms with E-state index >= 15 is 0 Å². The molecule has 3 aromatic carbocycles. The van der Waals surface area contributed by atoms with Gasteiger partial charge in [-0.05, 0) is 70.5 Å². The number of hydrogen-bond acceptors (Lipinski definition) is 6. The molecule has 0 aliphatic carbocycles. The van der Waals surface area contributed by atoms with E-state index in [1.54, 1.807) is 24.4 Å². The summed E-state index contributed by atoms with van der Waals surface area (Å²) in [6, 6.07) is 21.8. The topological polar surface area (TPSA) is 89.6 Å². The van der Waals surface area contributed by atoms with Gasteiger partial charge in [-0.1, -0.05) is 18.2 Å². The van der Waals surface area contributed by atoms with E-state index in [1.165, 1.54) is 0 Å². The fourth-order valence-electron chi connectivity index (χ4n) is 2.40. The van der Waals surface area contributed by atoms with Crippen LogP contribution >= 0.6 is 0 Å². The van der Waals surface area contributed by atoms with Crippen LogP contribution in [0.15, 0.2) is 82.5 Å². The second-order valence-electron chi connectivity index (χ2n) is 5.65. The minimum atomic E-state index is -0.347. The molecule has 0 bridgehead atoms. The van der Waals surface area contributed by atoms with Crippen molar-refractivity contribution in [3.63, 3.8) is 0 Å². The molecule has 1 heterocycles. The number of nitrogens with one attached hydrogen (secondary N) is 1. The Morgan fingerprint density at radius 2 is 1.67 bits per heavy atom. The zero-order chi connectivity index (χ0) is 18.5. The van der Waals surface area contributed by atoms with Crippen LogP contribution in [0.4, 0.5) is 0 Å². The summed E-state index contributed by atoms with van der Waals surface area (Å²) in [5, 5.41) is 11.4. The number of hydrazone groups is 1. The van der Waals surface area contributed by atoms with E-state index in [9.17, 15) is 4.79 Å². The maximum atomic E-state index is 12.1. The van der Waals surface area contributed by atoms with Crippen molar-refractivity contribution < 1.29 is 14.2 Å². The highest BCUT2D eigenvalue weighted by Crippen LogP contribution is 2.20. The Morgan fingerprint density at radius 3 is 2.48 bits per heavy atom. The maximum absolute atomic E-state index is 12.1. The van der Waals surface area contributed by atoms with E-state index in [1.807, 2.05) is 54.6 Å². The number of fused-ring (bicyclic) bond motifs is 1. The van der Waals surface area contributed by atoms with Crippen LogP contribution < -0.4 is 10.2 Å². The lowest BCUT2D eigenvalue weighted by atomic mass is 10.2. The van der Waals surface area contributed by atoms with Crippen LogP contribution in [0.5, 0.6) is 11.5 Å². The van der Waals surface area contributed by atoms with Gasteiger partial charge in [0.2, 0.25) is 0 Å². The Kier molecular flexibility index (Phi) is 4.57. The van der Waals surface area contributed by atoms with Crippen molar-refractivity contribution in [3.05, 3.63) is 83.9 Å². The average molecular weight is 358 g/mol. The molecule has 1 amide bonds. The van der Waals surface area contributed by atoms with E-state index in [2.05, 4.69) is 25.5 Å². The fourth-order valence-corrected chi connectivity index (χ4v) is 2.40. The highest BCUT2D eigenvalue weighted by atomic mass is 16.6. The number of aromatic nitrogens is 2. The average Bonchev–Trinajstić information content (AvgIpc) is 3.18. The first-order valence-electron chi connectivity index (χ1n) is 8.17. The first kappa shape index (κ1) is 16.5. The number of benzene rings is 3. The summed E-state index contributed by atoms with van der Waals surface area (Å²) in [6.45, 7) is 0. The molecule has 4 rings (SSSR count). The van der Waals surface area contributed by atoms with Gasteiger partial charge in [0.25, 0.3) is 5.91 Å². The van der Waals surface area contributed by atoms with Gasteiger partial charge >= 0.3 is 0 Å². The summed E-state index contributed by atoms with van der Waals surface area (Å²) in [5.74, 6) is 1.14. The molecule has 0 aliphatic rings. The Labute approximate surface area is 154 Å². The van der Waals surface area contributed by atoms with Crippen LogP contribution in [0, 0.1) is 0 Å². The molecule has 0 saturated heterocycles. The summed E-state index contributed by atoms with van der Waals surface area (Å²) in [6.07, 6.45) is 1.56. The standard InChI is InChI=1S/C20H14N4O3/c25-20(15-8-11-18-19(12-15)24-27-23-18)22-21-13-14-6-9-17(10-7-14)26-16-4-2-1-3-5-16/h1-13H,(H,22,25). The molecule has 0 fully saturated rings. The number of carbonyl (C=O) groups is 1. The van der Waals surface area contributed by atoms with E-state index in [4.69, 9.17) is 4.74 Å². The van der Waals surface area contributed by atoms with Crippen molar-refractivity contribution in [3.8, 4) is 11.5 Å². The largest absolute Gasteiger partial charge is 0.457 e. The quantitative estimate of drug-likeness (QED) is 0.433. The van der Waals surface area contributed by atoms with Gasteiger partial charge in [0.15, 0.2) is 0 Å². The summed E-state index contributed by atoms with van der Waals surface area (Å²) < 4.78 is 10.3. The Bertz CT molecular complexity index is 1090. The van der Waals surface area contributed by atoms with Gasteiger partial charge in [-0.25, -0.2) is 10.1 Å². The van der Waals surface area contributed by atoms with Gasteiger partial charge in [0.1, 0.15) is 22.5 Å². The molecule has 0 atom stereocenters. The second kappa shape index (κ2) is 7.49. The molecule has 1 aromatic heterocycles. The normalized spacial score (nSPS) is 11.0. The first-order chi connectivity index (χ1) is 13.3. The van der Waals surface area contributed by atoms with Crippen LogP contribution in [0.1, 0.15) is 15.9 Å². The van der Waals surface area contributed by atoms with Gasteiger partial charge < -0.3 is 4.74 Å². The van der Waals surface area contributed by atoms with Gasteiger partial charge in [-0.15, -0.1) is 0 Å². The van der Waals surface area contributed by atoms with Crippen LogP contribution in [0.2, 0.25) is 0 Å². The molecule has 4 aromatic rings. The minimum Gasteiger partial charge on any atom is -0.457 e. The summed E-state index contributed by atoms with van der Waals surface area (Å²) in [5.41, 5.74) is 4.83. The second-order valence-corrected chi connectivity index (χ2v) is 5.65. The molecular weight excluding hydrogens is 344 g/mol. The molecule has 1 N–H and O–H groups in total. The van der Waals surface area contributed by atoms with E-state index in [-0.39, 0.29) is 5.91 Å². The number of ether oxygens (including phenoxy) is 1. The lowest BCUT2D eigenvalue weighted by Crippen LogP contribution is -2.17. The SMILES string of the molecule is O=C(NN=Cc1ccc(Oc2ccccc2)cc1)c1ccc2nonc2c1. The smallest absolute Gasteiger partial charge is 0.271 e. The van der Waals surface area contributed by atoms with Crippen molar-refractivity contribution in [1.82, 2.24) is 15.7 Å². The highest BCUT2D eigenvalue weighted by molar-refractivity contribution is 5.97. The van der Waals surface area contributed by atoms with E-state index in [0.29, 0.717) is 16.6 Å². The number of amides is 1. The third kappa shape index (κ3) is 3.98. The summed E-state index contributed by atoms with van der Waals surface area (Å²) in [4.78, 5) is 12.1. The van der Waals surface area contributed by atoms with Crippen LogP contribution in [0.25, 0.3) is 11.0 Å². The number of carbonyl (C=O) groups excluding carboxylic acids is 1. The number of rotatable bonds is 5. The molecule has 0 unspecified atom stereocenters. The molecule has 0 radical (unpaired) electrons. The number of para-hydroxylation sites is 1. The number of nitrogens with zero attached hydrogens (tertiary/aromatic N) is 3. The van der Waals surface area contributed by atoms with Crippen LogP contribution in [-0.4, -0.2) is 22.4 Å². The summed E-state index contributed by atoms with van der Waals surface area (Å²) in [7, 11) is 0. The van der Waals surface area contributed by atoms with Gasteiger partial charge in [-0.2, -0.15) is 5.10 Å². The zero-order valence-corrected chi connectivity index (χ0v) is 14.1.